The first-order valence-corrected chi connectivity index (χ1v) is 7.00. The maximum Gasteiger partial charge on any atom is 0.259 e. The summed E-state index contributed by atoms with van der Waals surface area (Å²) in [4.78, 5) is 12.3. The molecule has 7 heteroatoms. The van der Waals surface area contributed by atoms with E-state index in [0.717, 1.165) is 5.56 Å². The first-order chi connectivity index (χ1) is 10.0. The molecule has 0 saturated heterocycles. The van der Waals surface area contributed by atoms with Gasteiger partial charge in [-0.25, -0.2) is 0 Å². The Bertz CT molecular complexity index is 677. The minimum absolute atomic E-state index is 0.0121. The fourth-order valence-electron chi connectivity index (χ4n) is 1.71. The number of rotatable bonds is 4. The van der Waals surface area contributed by atoms with Crippen molar-refractivity contribution in [3.05, 3.63) is 45.7 Å². The van der Waals surface area contributed by atoms with Crippen LogP contribution in [0.5, 0.6) is 5.75 Å². The molecule has 5 nitrogen and oxygen atoms in total. The zero-order valence-corrected chi connectivity index (χ0v) is 13.0. The van der Waals surface area contributed by atoms with Gasteiger partial charge >= 0.3 is 0 Å². The summed E-state index contributed by atoms with van der Waals surface area (Å²) < 4.78 is 5.51. The lowest BCUT2D eigenvalue weighted by Crippen LogP contribution is -2.14. The molecule has 1 aromatic carbocycles. The van der Waals surface area contributed by atoms with E-state index in [-0.39, 0.29) is 15.9 Å². The fraction of sp³-hybridized carbons (Fsp3) is 0.214. The minimum atomic E-state index is -0.429. The van der Waals surface area contributed by atoms with Gasteiger partial charge in [-0.15, -0.1) is 10.2 Å². The van der Waals surface area contributed by atoms with Crippen LogP contribution in [-0.4, -0.2) is 22.7 Å². The van der Waals surface area contributed by atoms with E-state index in [9.17, 15) is 4.79 Å². The molecule has 1 N–H and O–H groups in total. The Morgan fingerprint density at radius 3 is 2.76 bits per heavy atom. The monoisotopic (exact) mass is 325 g/mol. The molecule has 0 spiro atoms. The average Bonchev–Trinajstić information content (AvgIpc) is 2.44. The molecule has 0 bridgehead atoms. The van der Waals surface area contributed by atoms with Gasteiger partial charge in [0.1, 0.15) is 5.75 Å². The van der Waals surface area contributed by atoms with E-state index >= 15 is 0 Å². The van der Waals surface area contributed by atoms with Crippen molar-refractivity contribution < 1.29 is 9.53 Å². The maximum atomic E-state index is 12.3. The van der Waals surface area contributed by atoms with Crippen LogP contribution in [0, 0.1) is 6.92 Å². The van der Waals surface area contributed by atoms with E-state index in [1.807, 2.05) is 26.0 Å². The lowest BCUT2D eigenvalue weighted by Gasteiger charge is -2.12. The number of carbonyl (C=O) groups is 1. The predicted octanol–water partition coefficient (Wildman–Crippen LogP) is 3.74. The third-order valence-electron chi connectivity index (χ3n) is 2.65. The largest absolute Gasteiger partial charge is 0.492 e. The number of hydrogen-bond donors (Lipinski definition) is 1. The zero-order chi connectivity index (χ0) is 15.4. The van der Waals surface area contributed by atoms with Crippen LogP contribution >= 0.6 is 23.2 Å². The topological polar surface area (TPSA) is 64.1 Å². The number of carbonyl (C=O) groups excluding carboxylic acids is 1. The number of ether oxygens (including phenoxy) is 1. The molecule has 0 atom stereocenters. The Labute approximate surface area is 132 Å². The third-order valence-corrected chi connectivity index (χ3v) is 3.11. The van der Waals surface area contributed by atoms with E-state index in [2.05, 4.69) is 15.5 Å². The van der Waals surface area contributed by atoms with Crippen molar-refractivity contribution in [3.8, 4) is 5.75 Å². The summed E-state index contributed by atoms with van der Waals surface area (Å²) in [7, 11) is 0. The summed E-state index contributed by atoms with van der Waals surface area (Å²) >= 11 is 11.6. The zero-order valence-electron chi connectivity index (χ0n) is 11.5. The number of amides is 1. The van der Waals surface area contributed by atoms with Crippen LogP contribution in [0.2, 0.25) is 10.3 Å². The molecule has 1 aromatic heterocycles. The van der Waals surface area contributed by atoms with Gasteiger partial charge in [-0.3, -0.25) is 4.79 Å². The highest BCUT2D eigenvalue weighted by molar-refractivity contribution is 6.34. The van der Waals surface area contributed by atoms with E-state index < -0.39 is 5.91 Å². The molecular weight excluding hydrogens is 313 g/mol. The SMILES string of the molecule is CCOc1cc(C)ccc1NC(=O)c1cc(Cl)nnc1Cl. The van der Waals surface area contributed by atoms with Crippen LogP contribution in [0.3, 0.4) is 0 Å². The standard InChI is InChI=1S/C14H13Cl2N3O2/c1-3-21-11-6-8(2)4-5-10(11)17-14(20)9-7-12(15)18-19-13(9)16/h4-7H,3H2,1-2H3,(H,17,20). The van der Waals surface area contributed by atoms with E-state index in [1.54, 1.807) is 6.07 Å². The number of halogens is 2. The third kappa shape index (κ3) is 3.83. The van der Waals surface area contributed by atoms with Crippen LogP contribution in [0.25, 0.3) is 0 Å². The highest BCUT2D eigenvalue weighted by Gasteiger charge is 2.15. The lowest BCUT2D eigenvalue weighted by molar-refractivity contribution is 0.102. The fourth-order valence-corrected chi connectivity index (χ4v) is 2.03. The summed E-state index contributed by atoms with van der Waals surface area (Å²) in [5.74, 6) is 0.164. The molecule has 0 aliphatic heterocycles. The van der Waals surface area contributed by atoms with Crippen molar-refractivity contribution in [1.82, 2.24) is 10.2 Å². The van der Waals surface area contributed by atoms with Crippen LogP contribution < -0.4 is 10.1 Å². The van der Waals surface area contributed by atoms with Gasteiger partial charge in [0, 0.05) is 0 Å². The number of aryl methyl sites for hydroxylation is 1. The molecule has 0 saturated carbocycles. The van der Waals surface area contributed by atoms with Crippen molar-refractivity contribution in [2.24, 2.45) is 0 Å². The second kappa shape index (κ2) is 6.74. The molecule has 0 radical (unpaired) electrons. The number of nitrogens with zero attached hydrogens (tertiary/aromatic N) is 2. The second-order valence-corrected chi connectivity index (χ2v) is 5.00. The lowest BCUT2D eigenvalue weighted by atomic mass is 10.2. The minimum Gasteiger partial charge on any atom is -0.492 e. The summed E-state index contributed by atoms with van der Waals surface area (Å²) in [5, 5.41) is 9.99. The highest BCUT2D eigenvalue weighted by Crippen LogP contribution is 2.27. The van der Waals surface area contributed by atoms with Gasteiger partial charge in [0.25, 0.3) is 5.91 Å². The van der Waals surface area contributed by atoms with Gasteiger partial charge in [0.2, 0.25) is 0 Å². The van der Waals surface area contributed by atoms with Gasteiger partial charge in [-0.05, 0) is 37.6 Å². The molecule has 110 valence electrons. The predicted molar refractivity (Wildman–Crippen MR) is 82.4 cm³/mol. The smallest absolute Gasteiger partial charge is 0.259 e. The number of aromatic nitrogens is 2. The first kappa shape index (κ1) is 15.5. The number of hydrogen-bond acceptors (Lipinski definition) is 4. The Hall–Kier alpha value is -1.85. The molecule has 0 fully saturated rings. The van der Waals surface area contributed by atoms with Crippen molar-refractivity contribution >= 4 is 34.8 Å². The Kier molecular flexibility index (Phi) is 4.98. The normalized spacial score (nSPS) is 10.3. The van der Waals surface area contributed by atoms with Gasteiger partial charge in [-0.2, -0.15) is 0 Å². The van der Waals surface area contributed by atoms with E-state index in [1.165, 1.54) is 6.07 Å². The summed E-state index contributed by atoms with van der Waals surface area (Å²) in [6, 6.07) is 6.85. The number of nitrogens with one attached hydrogen (secondary N) is 1. The summed E-state index contributed by atoms with van der Waals surface area (Å²) in [5.41, 5.74) is 1.74. The Balaban J connectivity index is 2.29. The summed E-state index contributed by atoms with van der Waals surface area (Å²) in [6.45, 7) is 4.31. The van der Waals surface area contributed by atoms with Crippen LogP contribution in [0.15, 0.2) is 24.3 Å². The van der Waals surface area contributed by atoms with Gasteiger partial charge < -0.3 is 10.1 Å². The molecule has 2 rings (SSSR count). The van der Waals surface area contributed by atoms with Crippen LogP contribution in [0.4, 0.5) is 5.69 Å². The van der Waals surface area contributed by atoms with E-state index in [0.29, 0.717) is 18.0 Å². The molecule has 2 aromatic rings. The van der Waals surface area contributed by atoms with Gasteiger partial charge in [0.05, 0.1) is 17.9 Å². The Morgan fingerprint density at radius 2 is 2.05 bits per heavy atom. The first-order valence-electron chi connectivity index (χ1n) is 6.24. The summed E-state index contributed by atoms with van der Waals surface area (Å²) in [6.07, 6.45) is 0. The van der Waals surface area contributed by atoms with Crippen molar-refractivity contribution in [2.75, 3.05) is 11.9 Å². The molecule has 1 amide bonds. The van der Waals surface area contributed by atoms with Gasteiger partial charge in [0.15, 0.2) is 10.3 Å². The van der Waals surface area contributed by atoms with Gasteiger partial charge in [-0.1, -0.05) is 29.3 Å². The molecule has 21 heavy (non-hydrogen) atoms. The molecule has 1 heterocycles. The average molecular weight is 326 g/mol. The second-order valence-electron chi connectivity index (χ2n) is 4.26. The van der Waals surface area contributed by atoms with Crippen molar-refractivity contribution in [2.45, 2.75) is 13.8 Å². The molecular formula is C14H13Cl2N3O2. The van der Waals surface area contributed by atoms with Crippen LogP contribution in [-0.2, 0) is 0 Å². The Morgan fingerprint density at radius 1 is 1.29 bits per heavy atom. The molecule has 0 aliphatic rings. The van der Waals surface area contributed by atoms with Crippen LogP contribution in [0.1, 0.15) is 22.8 Å². The van der Waals surface area contributed by atoms with Crippen molar-refractivity contribution in [3.63, 3.8) is 0 Å². The quantitative estimate of drug-likeness (QED) is 0.929. The highest BCUT2D eigenvalue weighted by atomic mass is 35.5. The molecule has 0 unspecified atom stereocenters. The molecule has 0 aliphatic carbocycles. The number of benzene rings is 1. The van der Waals surface area contributed by atoms with E-state index in [4.69, 9.17) is 27.9 Å². The number of anilines is 1. The maximum absolute atomic E-state index is 12.3. The van der Waals surface area contributed by atoms with Crippen molar-refractivity contribution in [1.29, 1.82) is 0 Å².